The molecule has 0 saturated heterocycles. The molecule has 1 amide bonds. The van der Waals surface area contributed by atoms with Crippen LogP contribution in [0.5, 0.6) is 0 Å². The monoisotopic (exact) mass is 397 g/mol. The van der Waals surface area contributed by atoms with E-state index < -0.39 is 0 Å². The van der Waals surface area contributed by atoms with Crippen molar-refractivity contribution in [3.8, 4) is 0 Å². The number of carbonyl (C=O) groups is 1. The highest BCUT2D eigenvalue weighted by Gasteiger charge is 2.11. The van der Waals surface area contributed by atoms with Crippen molar-refractivity contribution in [1.29, 1.82) is 0 Å². The Morgan fingerprint density at radius 1 is 0.958 bits per heavy atom. The maximum absolute atomic E-state index is 12.3. The number of aryl methyl sites for hydroxylation is 1. The van der Waals surface area contributed by atoms with Crippen LogP contribution in [0.15, 0.2) is 24.3 Å². The van der Waals surface area contributed by atoms with E-state index in [1.807, 2.05) is 30.9 Å². The topological polar surface area (TPSA) is 29.5 Å². The second kappa shape index (κ2) is 13.4. The molecule has 0 aliphatic rings. The molecule has 0 saturated carbocycles. The fraction of sp³-hybridized carbons (Fsp3) is 0.650. The molecule has 0 atom stereocenters. The van der Waals surface area contributed by atoms with Crippen LogP contribution in [0, 0.1) is 0 Å². The van der Waals surface area contributed by atoms with Gasteiger partial charge in [-0.1, -0.05) is 34.5 Å². The van der Waals surface area contributed by atoms with Crippen LogP contribution in [0.25, 0.3) is 0 Å². The van der Waals surface area contributed by atoms with Crippen molar-refractivity contribution in [3.05, 3.63) is 35.4 Å². The molecule has 0 aliphatic heterocycles. The van der Waals surface area contributed by atoms with Gasteiger partial charge in [-0.25, -0.2) is 0 Å². The van der Waals surface area contributed by atoms with E-state index in [1.165, 1.54) is 18.4 Å². The van der Waals surface area contributed by atoms with Crippen LogP contribution >= 0.6 is 15.9 Å². The summed E-state index contributed by atoms with van der Waals surface area (Å²) in [6.45, 7) is 7.28. The third kappa shape index (κ3) is 8.29. The molecule has 0 unspecified atom stereocenters. The zero-order chi connectivity index (χ0) is 17.6. The Hall–Kier alpha value is -0.870. The first-order valence-electron chi connectivity index (χ1n) is 9.24. The predicted octanol–water partition coefficient (Wildman–Crippen LogP) is 5.07. The normalized spacial score (nSPS) is 10.8. The van der Waals surface area contributed by atoms with Crippen LogP contribution in [-0.2, 0) is 11.2 Å². The molecular formula is C20H32BrNO2. The lowest BCUT2D eigenvalue weighted by atomic mass is 10.1. The van der Waals surface area contributed by atoms with Crippen molar-refractivity contribution in [2.75, 3.05) is 31.6 Å². The van der Waals surface area contributed by atoms with Crippen molar-refractivity contribution < 1.29 is 9.53 Å². The lowest BCUT2D eigenvalue weighted by Gasteiger charge is -2.18. The molecule has 0 heterocycles. The average molecular weight is 398 g/mol. The Morgan fingerprint density at radius 3 is 2.17 bits per heavy atom. The number of hydrogen-bond donors (Lipinski definition) is 0. The molecule has 0 bridgehead atoms. The molecule has 1 rings (SSSR count). The van der Waals surface area contributed by atoms with E-state index in [1.54, 1.807) is 0 Å². The molecule has 1 aromatic rings. The van der Waals surface area contributed by atoms with E-state index in [0.29, 0.717) is 0 Å². The van der Waals surface area contributed by atoms with Crippen LogP contribution in [0.4, 0.5) is 0 Å². The van der Waals surface area contributed by atoms with Crippen molar-refractivity contribution in [3.63, 3.8) is 0 Å². The Balaban J connectivity index is 2.19. The predicted molar refractivity (Wildman–Crippen MR) is 105 cm³/mol. The summed E-state index contributed by atoms with van der Waals surface area (Å²) in [5, 5.41) is 1.09. The largest absolute Gasteiger partial charge is 0.381 e. The molecule has 0 aliphatic carbocycles. The molecule has 0 radical (unpaired) electrons. The number of amides is 1. The SMILES string of the molecule is CCN(CC)C(=O)c1ccc(CCCCOCCCCCBr)cc1. The molecular weight excluding hydrogens is 366 g/mol. The van der Waals surface area contributed by atoms with Gasteiger partial charge in [0.2, 0.25) is 0 Å². The smallest absolute Gasteiger partial charge is 0.253 e. The lowest BCUT2D eigenvalue weighted by molar-refractivity contribution is 0.0773. The van der Waals surface area contributed by atoms with Gasteiger partial charge in [-0.3, -0.25) is 4.79 Å². The number of rotatable bonds is 13. The van der Waals surface area contributed by atoms with Gasteiger partial charge in [-0.05, 0) is 63.6 Å². The first kappa shape index (κ1) is 21.2. The number of carbonyl (C=O) groups excluding carboxylic acids is 1. The molecule has 136 valence electrons. The molecule has 0 N–H and O–H groups in total. The van der Waals surface area contributed by atoms with Crippen LogP contribution in [0.1, 0.15) is 61.9 Å². The standard InChI is InChI=1S/C20H32BrNO2/c1-3-22(4-2)20(23)19-13-11-18(12-14-19)10-6-9-17-24-16-8-5-7-15-21/h11-14H,3-10,15-17H2,1-2H3. The van der Waals surface area contributed by atoms with Crippen molar-refractivity contribution in [1.82, 2.24) is 4.90 Å². The number of hydrogen-bond acceptors (Lipinski definition) is 2. The molecule has 4 heteroatoms. The Labute approximate surface area is 155 Å². The number of ether oxygens (including phenoxy) is 1. The second-order valence-electron chi connectivity index (χ2n) is 5.99. The first-order chi connectivity index (χ1) is 11.7. The van der Waals surface area contributed by atoms with Gasteiger partial charge in [-0.2, -0.15) is 0 Å². The molecule has 0 aromatic heterocycles. The molecule has 3 nitrogen and oxygen atoms in total. The fourth-order valence-electron chi connectivity index (χ4n) is 2.62. The van der Waals surface area contributed by atoms with Gasteiger partial charge in [0.25, 0.3) is 5.91 Å². The number of benzene rings is 1. The highest BCUT2D eigenvalue weighted by Crippen LogP contribution is 2.10. The highest BCUT2D eigenvalue weighted by atomic mass is 79.9. The summed E-state index contributed by atoms with van der Waals surface area (Å²) in [6.07, 6.45) is 6.91. The fourth-order valence-corrected chi connectivity index (χ4v) is 3.01. The Kier molecular flexibility index (Phi) is 11.8. The van der Waals surface area contributed by atoms with Gasteiger partial charge >= 0.3 is 0 Å². The van der Waals surface area contributed by atoms with E-state index in [4.69, 9.17) is 4.74 Å². The van der Waals surface area contributed by atoms with Gasteiger partial charge in [0.1, 0.15) is 0 Å². The minimum Gasteiger partial charge on any atom is -0.381 e. The quantitative estimate of drug-likeness (QED) is 0.343. The minimum absolute atomic E-state index is 0.125. The summed E-state index contributed by atoms with van der Waals surface area (Å²) in [7, 11) is 0. The first-order valence-corrected chi connectivity index (χ1v) is 10.4. The molecule has 0 spiro atoms. The maximum Gasteiger partial charge on any atom is 0.253 e. The Morgan fingerprint density at radius 2 is 1.58 bits per heavy atom. The van der Waals surface area contributed by atoms with Crippen molar-refractivity contribution in [2.24, 2.45) is 0 Å². The summed E-state index contributed by atoms with van der Waals surface area (Å²) in [4.78, 5) is 14.1. The van der Waals surface area contributed by atoms with E-state index in [0.717, 1.165) is 62.9 Å². The zero-order valence-corrected chi connectivity index (χ0v) is 16.8. The number of nitrogens with zero attached hydrogens (tertiary/aromatic N) is 1. The van der Waals surface area contributed by atoms with Crippen LogP contribution in [0.2, 0.25) is 0 Å². The highest BCUT2D eigenvalue weighted by molar-refractivity contribution is 9.09. The van der Waals surface area contributed by atoms with Gasteiger partial charge in [0, 0.05) is 37.2 Å². The summed E-state index contributed by atoms with van der Waals surface area (Å²) >= 11 is 3.44. The summed E-state index contributed by atoms with van der Waals surface area (Å²) in [6, 6.07) is 8.07. The van der Waals surface area contributed by atoms with Crippen LogP contribution in [0.3, 0.4) is 0 Å². The molecule has 1 aromatic carbocycles. The number of halogens is 1. The third-order valence-corrected chi connectivity index (χ3v) is 4.74. The number of unbranched alkanes of at least 4 members (excludes halogenated alkanes) is 3. The van der Waals surface area contributed by atoms with Gasteiger partial charge in [-0.15, -0.1) is 0 Å². The van der Waals surface area contributed by atoms with Crippen LogP contribution in [-0.4, -0.2) is 42.4 Å². The molecule has 24 heavy (non-hydrogen) atoms. The van der Waals surface area contributed by atoms with Crippen molar-refractivity contribution in [2.45, 2.75) is 52.4 Å². The Bertz CT molecular complexity index is 443. The summed E-state index contributed by atoms with van der Waals surface area (Å²) in [5.41, 5.74) is 2.08. The van der Waals surface area contributed by atoms with Crippen LogP contribution < -0.4 is 0 Å². The van der Waals surface area contributed by atoms with Crippen molar-refractivity contribution >= 4 is 21.8 Å². The summed E-state index contributed by atoms with van der Waals surface area (Å²) in [5.74, 6) is 0.125. The average Bonchev–Trinajstić information content (AvgIpc) is 2.62. The lowest BCUT2D eigenvalue weighted by Crippen LogP contribution is -2.30. The van der Waals surface area contributed by atoms with Gasteiger partial charge < -0.3 is 9.64 Å². The molecule has 0 fully saturated rings. The van der Waals surface area contributed by atoms with E-state index in [2.05, 4.69) is 28.1 Å². The van der Waals surface area contributed by atoms with E-state index in [-0.39, 0.29) is 5.91 Å². The summed E-state index contributed by atoms with van der Waals surface area (Å²) < 4.78 is 5.65. The van der Waals surface area contributed by atoms with E-state index >= 15 is 0 Å². The van der Waals surface area contributed by atoms with E-state index in [9.17, 15) is 4.79 Å². The zero-order valence-electron chi connectivity index (χ0n) is 15.2. The number of alkyl halides is 1. The third-order valence-electron chi connectivity index (χ3n) is 4.18. The minimum atomic E-state index is 0.125. The second-order valence-corrected chi connectivity index (χ2v) is 6.79. The maximum atomic E-state index is 12.3. The van der Waals surface area contributed by atoms with Gasteiger partial charge in [0.05, 0.1) is 0 Å². The van der Waals surface area contributed by atoms with Gasteiger partial charge in [0.15, 0.2) is 0 Å².